The third-order valence-electron chi connectivity index (χ3n) is 4.45. The van der Waals surface area contributed by atoms with Crippen LogP contribution in [0, 0.1) is 20.8 Å². The van der Waals surface area contributed by atoms with Gasteiger partial charge < -0.3 is 14.2 Å². The van der Waals surface area contributed by atoms with Crippen LogP contribution in [-0.4, -0.2) is 26.0 Å². The second-order valence-corrected chi connectivity index (χ2v) is 6.16. The number of Topliss-reactive ketones (excluding diaryl/α,β-unsaturated/α-hetero) is 1. The molecular weight excluding hydrogens is 332 g/mol. The Bertz CT molecular complexity index is 852. The number of para-hydroxylation sites is 1. The van der Waals surface area contributed by atoms with Crippen molar-refractivity contribution in [2.75, 3.05) is 14.2 Å². The van der Waals surface area contributed by atoms with Gasteiger partial charge in [0, 0.05) is 5.56 Å². The van der Waals surface area contributed by atoms with Gasteiger partial charge in [0.2, 0.25) is 0 Å². The summed E-state index contributed by atoms with van der Waals surface area (Å²) in [6, 6.07) is 6.98. The number of carbonyl (C=O) groups is 2. The maximum absolute atomic E-state index is 12.5. The van der Waals surface area contributed by atoms with Crippen molar-refractivity contribution in [3.8, 4) is 11.5 Å². The van der Waals surface area contributed by atoms with Crippen molar-refractivity contribution in [2.45, 2.75) is 34.3 Å². The largest absolute Gasteiger partial charge is 0.493 e. The number of hydrogen-bond donors (Lipinski definition) is 0. The first-order valence-electron chi connectivity index (χ1n) is 8.30. The van der Waals surface area contributed by atoms with Gasteiger partial charge in [0.25, 0.3) is 0 Å². The van der Waals surface area contributed by atoms with Crippen LogP contribution in [0.5, 0.6) is 11.5 Å². The van der Waals surface area contributed by atoms with Crippen LogP contribution < -0.4 is 9.47 Å². The quantitative estimate of drug-likeness (QED) is 0.574. The highest BCUT2D eigenvalue weighted by atomic mass is 16.5. The molecule has 0 aliphatic rings. The van der Waals surface area contributed by atoms with E-state index >= 15 is 0 Å². The minimum Gasteiger partial charge on any atom is -0.493 e. The molecule has 2 aromatic carbocycles. The van der Waals surface area contributed by atoms with E-state index in [1.165, 1.54) is 14.2 Å². The minimum atomic E-state index is -0.510. The van der Waals surface area contributed by atoms with Gasteiger partial charge in [-0.1, -0.05) is 12.1 Å². The first-order valence-corrected chi connectivity index (χ1v) is 8.30. The summed E-state index contributed by atoms with van der Waals surface area (Å²) in [6.45, 7) is 7.36. The summed E-state index contributed by atoms with van der Waals surface area (Å²) >= 11 is 0. The summed E-state index contributed by atoms with van der Waals surface area (Å²) in [5.41, 5.74) is 4.57. The lowest BCUT2D eigenvalue weighted by atomic mass is 9.92. The Kier molecular flexibility index (Phi) is 6.03. The van der Waals surface area contributed by atoms with Crippen LogP contribution in [0.25, 0.3) is 0 Å². The van der Waals surface area contributed by atoms with Crippen molar-refractivity contribution in [3.05, 3.63) is 57.6 Å². The van der Waals surface area contributed by atoms with Crippen LogP contribution in [0.3, 0.4) is 0 Å². The normalized spacial score (nSPS) is 10.4. The van der Waals surface area contributed by atoms with Crippen molar-refractivity contribution in [1.29, 1.82) is 0 Å². The Balaban J connectivity index is 2.32. The number of hydrogen-bond acceptors (Lipinski definition) is 5. The van der Waals surface area contributed by atoms with E-state index in [1.54, 1.807) is 25.1 Å². The van der Waals surface area contributed by atoms with E-state index in [1.807, 2.05) is 26.8 Å². The highest BCUT2D eigenvalue weighted by molar-refractivity contribution is 5.97. The van der Waals surface area contributed by atoms with Crippen LogP contribution in [-0.2, 0) is 11.3 Å². The summed E-state index contributed by atoms with van der Waals surface area (Å²) < 4.78 is 16.0. The molecule has 138 valence electrons. The molecule has 0 heterocycles. The highest BCUT2D eigenvalue weighted by Crippen LogP contribution is 2.31. The van der Waals surface area contributed by atoms with Crippen molar-refractivity contribution >= 4 is 11.8 Å². The van der Waals surface area contributed by atoms with E-state index in [0.717, 1.165) is 22.3 Å². The number of ether oxygens (including phenoxy) is 3. The molecule has 0 radical (unpaired) electrons. The van der Waals surface area contributed by atoms with Gasteiger partial charge in [0.05, 0.1) is 14.2 Å². The second-order valence-electron chi connectivity index (χ2n) is 6.16. The molecule has 0 unspecified atom stereocenters. The first kappa shape index (κ1) is 19.5. The summed E-state index contributed by atoms with van der Waals surface area (Å²) in [6.07, 6.45) is 0. The molecule has 0 saturated carbocycles. The maximum Gasteiger partial charge on any atom is 0.342 e. The first-order chi connectivity index (χ1) is 12.3. The van der Waals surface area contributed by atoms with E-state index in [4.69, 9.17) is 14.2 Å². The average Bonchev–Trinajstić information content (AvgIpc) is 2.59. The molecule has 2 aromatic rings. The van der Waals surface area contributed by atoms with Gasteiger partial charge in [-0.25, -0.2) is 4.79 Å². The molecule has 0 aliphatic carbocycles. The number of ketones is 1. The van der Waals surface area contributed by atoms with E-state index in [2.05, 4.69) is 0 Å². The fraction of sp³-hybridized carbons (Fsp3) is 0.333. The molecule has 0 aliphatic heterocycles. The van der Waals surface area contributed by atoms with Crippen LogP contribution in [0.15, 0.2) is 24.3 Å². The minimum absolute atomic E-state index is 0.00189. The summed E-state index contributed by atoms with van der Waals surface area (Å²) in [5, 5.41) is 0. The smallest absolute Gasteiger partial charge is 0.342 e. The molecule has 0 N–H and O–H groups in total. The number of rotatable bonds is 6. The standard InChI is InChI=1S/C21H24O5/c1-12-10-13(2)19(15(4)22)14(3)17(12)11-26-21(23)16-8-7-9-18(24-5)20(16)25-6/h7-10H,11H2,1-6H3. The van der Waals surface area contributed by atoms with E-state index < -0.39 is 5.97 Å². The fourth-order valence-electron chi connectivity index (χ4n) is 3.25. The molecule has 0 aromatic heterocycles. The highest BCUT2D eigenvalue weighted by Gasteiger charge is 2.20. The molecule has 5 heteroatoms. The lowest BCUT2D eigenvalue weighted by Gasteiger charge is -2.17. The third kappa shape index (κ3) is 3.72. The van der Waals surface area contributed by atoms with E-state index in [0.29, 0.717) is 22.6 Å². The predicted molar refractivity (Wildman–Crippen MR) is 99.3 cm³/mol. The Morgan fingerprint density at radius 1 is 1.00 bits per heavy atom. The van der Waals surface area contributed by atoms with Crippen LogP contribution in [0.2, 0.25) is 0 Å². The van der Waals surface area contributed by atoms with Crippen molar-refractivity contribution < 1.29 is 23.8 Å². The average molecular weight is 356 g/mol. The van der Waals surface area contributed by atoms with Gasteiger partial charge in [-0.3, -0.25) is 4.79 Å². The maximum atomic E-state index is 12.5. The zero-order valence-corrected chi connectivity index (χ0v) is 16.1. The predicted octanol–water partition coefficient (Wildman–Crippen LogP) is 4.19. The zero-order valence-electron chi connectivity index (χ0n) is 16.1. The molecule has 0 bridgehead atoms. The molecule has 0 saturated heterocycles. The number of benzene rings is 2. The summed E-state index contributed by atoms with van der Waals surface area (Å²) in [7, 11) is 2.98. The molecular formula is C21H24O5. The van der Waals surface area contributed by atoms with Gasteiger partial charge in [-0.05, 0) is 62.1 Å². The summed E-state index contributed by atoms with van der Waals surface area (Å²) in [4.78, 5) is 24.5. The van der Waals surface area contributed by atoms with Crippen LogP contribution in [0.1, 0.15) is 49.9 Å². The van der Waals surface area contributed by atoms with Gasteiger partial charge in [-0.15, -0.1) is 0 Å². The van der Waals surface area contributed by atoms with Crippen LogP contribution >= 0.6 is 0 Å². The molecule has 0 amide bonds. The third-order valence-corrected chi connectivity index (χ3v) is 4.45. The molecule has 5 nitrogen and oxygen atoms in total. The number of methoxy groups -OCH3 is 2. The topological polar surface area (TPSA) is 61.8 Å². The van der Waals surface area contributed by atoms with Crippen molar-refractivity contribution in [2.24, 2.45) is 0 Å². The molecule has 26 heavy (non-hydrogen) atoms. The lowest BCUT2D eigenvalue weighted by molar-refractivity contribution is 0.0467. The lowest BCUT2D eigenvalue weighted by Crippen LogP contribution is -2.11. The second kappa shape index (κ2) is 8.04. The van der Waals surface area contributed by atoms with E-state index in [-0.39, 0.29) is 12.4 Å². The fourth-order valence-corrected chi connectivity index (χ4v) is 3.25. The number of esters is 1. The molecule has 0 fully saturated rings. The Morgan fingerprint density at radius 2 is 1.69 bits per heavy atom. The van der Waals surface area contributed by atoms with Crippen molar-refractivity contribution in [1.82, 2.24) is 0 Å². The van der Waals surface area contributed by atoms with Crippen molar-refractivity contribution in [3.63, 3.8) is 0 Å². The number of aryl methyl sites for hydroxylation is 2. The van der Waals surface area contributed by atoms with Gasteiger partial charge in [-0.2, -0.15) is 0 Å². The van der Waals surface area contributed by atoms with Gasteiger partial charge in [0.15, 0.2) is 17.3 Å². The molecule has 0 spiro atoms. The number of carbonyl (C=O) groups excluding carboxylic acids is 2. The molecule has 0 atom stereocenters. The van der Waals surface area contributed by atoms with Gasteiger partial charge in [0.1, 0.15) is 12.2 Å². The van der Waals surface area contributed by atoms with Gasteiger partial charge >= 0.3 is 5.97 Å². The Morgan fingerprint density at radius 3 is 2.27 bits per heavy atom. The Labute approximate surface area is 153 Å². The Hall–Kier alpha value is -2.82. The summed E-state index contributed by atoms with van der Waals surface area (Å²) in [5.74, 6) is 0.289. The zero-order chi connectivity index (χ0) is 19.4. The monoisotopic (exact) mass is 356 g/mol. The van der Waals surface area contributed by atoms with Crippen LogP contribution in [0.4, 0.5) is 0 Å². The van der Waals surface area contributed by atoms with E-state index in [9.17, 15) is 9.59 Å². The molecule has 2 rings (SSSR count). The SMILES string of the molecule is COc1cccc(C(=O)OCc2c(C)cc(C)c(C(C)=O)c2C)c1OC.